The van der Waals surface area contributed by atoms with Gasteiger partial charge in [0.25, 0.3) is 10.0 Å². The number of sulfonamides is 1. The Morgan fingerprint density at radius 3 is 2.22 bits per heavy atom. The molecule has 0 saturated heterocycles. The molecule has 0 unspecified atom stereocenters. The minimum atomic E-state index is -4.15. The van der Waals surface area contributed by atoms with E-state index in [-0.39, 0.29) is 23.3 Å². The number of nitrogens with zero attached hydrogens (tertiary/aromatic N) is 2. The molecule has 41 heavy (non-hydrogen) atoms. The highest BCUT2D eigenvalue weighted by atomic mass is 79.9. The van der Waals surface area contributed by atoms with Crippen LogP contribution < -0.4 is 14.4 Å². The Labute approximate surface area is 251 Å². The number of halogens is 1. The van der Waals surface area contributed by atoms with E-state index in [1.807, 2.05) is 52.0 Å². The summed E-state index contributed by atoms with van der Waals surface area (Å²) in [5.74, 6) is 0.00900. The molecule has 3 rings (SSSR count). The topological polar surface area (TPSA) is 96.0 Å². The summed E-state index contributed by atoms with van der Waals surface area (Å²) in [5, 5.41) is 2.90. The summed E-state index contributed by atoms with van der Waals surface area (Å²) in [6.07, 6.45) is 0. The van der Waals surface area contributed by atoms with Crippen LogP contribution in [0.2, 0.25) is 0 Å². The number of rotatable bonds is 13. The smallest absolute Gasteiger partial charge is 0.264 e. The van der Waals surface area contributed by atoms with E-state index in [0.717, 1.165) is 19.9 Å². The predicted molar refractivity (Wildman–Crippen MR) is 165 cm³/mol. The molecule has 0 bridgehead atoms. The van der Waals surface area contributed by atoms with E-state index in [4.69, 9.17) is 4.74 Å². The molecule has 3 aromatic carbocycles. The van der Waals surface area contributed by atoms with Crippen molar-refractivity contribution in [3.63, 3.8) is 0 Å². The van der Waals surface area contributed by atoms with Crippen molar-refractivity contribution < 1.29 is 22.7 Å². The lowest BCUT2D eigenvalue weighted by molar-refractivity contribution is -0.139. The molecule has 0 fully saturated rings. The third kappa shape index (κ3) is 8.81. The van der Waals surface area contributed by atoms with Crippen molar-refractivity contribution in [3.05, 3.63) is 88.4 Å². The van der Waals surface area contributed by atoms with Crippen LogP contribution in [-0.4, -0.2) is 50.9 Å². The van der Waals surface area contributed by atoms with Gasteiger partial charge >= 0.3 is 0 Å². The van der Waals surface area contributed by atoms with Crippen LogP contribution in [0.3, 0.4) is 0 Å². The standard InChI is InChI=1S/C31H38BrN3O5S/c1-6-40-28-14-12-27(13-15-28)35(41(38,39)29-16-10-26(32)11-17-29)21-30(36)34(20-25-9-7-8-23(4)18-25)24(5)31(37)33-19-22(2)3/h7-18,22,24H,6,19-21H2,1-5H3,(H,33,37)/t24-/m0/s1. The zero-order chi connectivity index (χ0) is 30.2. The molecule has 0 heterocycles. The van der Waals surface area contributed by atoms with Crippen molar-refractivity contribution in [2.24, 2.45) is 5.92 Å². The van der Waals surface area contributed by atoms with Crippen LogP contribution in [0.15, 0.2) is 82.2 Å². The third-order valence-electron chi connectivity index (χ3n) is 6.40. The van der Waals surface area contributed by atoms with Gasteiger partial charge in [-0.05, 0) is 80.8 Å². The monoisotopic (exact) mass is 643 g/mol. The number of aryl methyl sites for hydroxylation is 1. The van der Waals surface area contributed by atoms with Gasteiger partial charge < -0.3 is 15.0 Å². The third-order valence-corrected chi connectivity index (χ3v) is 8.72. The normalized spacial score (nSPS) is 12.1. The molecule has 0 aromatic heterocycles. The molecule has 0 aliphatic heterocycles. The Bertz CT molecular complexity index is 1430. The molecule has 0 radical (unpaired) electrons. The average Bonchev–Trinajstić information content (AvgIpc) is 2.93. The molecule has 0 saturated carbocycles. The molecule has 2 amide bonds. The maximum absolute atomic E-state index is 14.0. The van der Waals surface area contributed by atoms with Gasteiger partial charge in [0.2, 0.25) is 11.8 Å². The van der Waals surface area contributed by atoms with E-state index in [1.165, 1.54) is 17.0 Å². The summed E-state index contributed by atoms with van der Waals surface area (Å²) in [6.45, 7) is 10.0. The highest BCUT2D eigenvalue weighted by Gasteiger charge is 2.32. The van der Waals surface area contributed by atoms with E-state index in [1.54, 1.807) is 43.3 Å². The first-order valence-electron chi connectivity index (χ1n) is 13.6. The molecule has 10 heteroatoms. The lowest BCUT2D eigenvalue weighted by atomic mass is 10.1. The van der Waals surface area contributed by atoms with Crippen molar-refractivity contribution in [3.8, 4) is 5.75 Å². The fraction of sp³-hybridized carbons (Fsp3) is 0.355. The van der Waals surface area contributed by atoms with Crippen molar-refractivity contribution in [2.45, 2.75) is 52.1 Å². The lowest BCUT2D eigenvalue weighted by Crippen LogP contribution is -2.51. The first kappa shape index (κ1) is 32.1. The average molecular weight is 645 g/mol. The van der Waals surface area contributed by atoms with Crippen LogP contribution in [0, 0.1) is 12.8 Å². The highest BCUT2D eigenvalue weighted by molar-refractivity contribution is 9.10. The molecule has 0 spiro atoms. The lowest BCUT2D eigenvalue weighted by Gasteiger charge is -2.32. The number of hydrogen-bond acceptors (Lipinski definition) is 5. The Morgan fingerprint density at radius 2 is 1.63 bits per heavy atom. The summed E-state index contributed by atoms with van der Waals surface area (Å²) in [7, 11) is -4.15. The van der Waals surface area contributed by atoms with Gasteiger partial charge in [-0.25, -0.2) is 8.42 Å². The summed E-state index contributed by atoms with van der Waals surface area (Å²) in [6, 6.07) is 19.6. The fourth-order valence-corrected chi connectivity index (χ4v) is 5.86. The Kier molecular flexibility index (Phi) is 11.4. The number of nitrogens with one attached hydrogen (secondary N) is 1. The second kappa shape index (κ2) is 14.5. The van der Waals surface area contributed by atoms with Gasteiger partial charge in [0.05, 0.1) is 17.2 Å². The molecule has 220 valence electrons. The van der Waals surface area contributed by atoms with Crippen LogP contribution in [0.4, 0.5) is 5.69 Å². The number of amides is 2. The fourth-order valence-electron chi connectivity index (χ4n) is 4.18. The van der Waals surface area contributed by atoms with Gasteiger partial charge in [0.1, 0.15) is 18.3 Å². The SMILES string of the molecule is CCOc1ccc(N(CC(=O)N(Cc2cccc(C)c2)[C@@H](C)C(=O)NCC(C)C)S(=O)(=O)c2ccc(Br)cc2)cc1. The Hall–Kier alpha value is -3.37. The quantitative estimate of drug-likeness (QED) is 0.264. The zero-order valence-corrected chi connectivity index (χ0v) is 26.5. The zero-order valence-electron chi connectivity index (χ0n) is 24.1. The highest BCUT2D eigenvalue weighted by Crippen LogP contribution is 2.27. The molecule has 3 aromatic rings. The Morgan fingerprint density at radius 1 is 0.976 bits per heavy atom. The number of ether oxygens (including phenoxy) is 1. The molecular weight excluding hydrogens is 606 g/mol. The number of carbonyl (C=O) groups excluding carboxylic acids is 2. The van der Waals surface area contributed by atoms with Crippen LogP contribution >= 0.6 is 15.9 Å². The minimum Gasteiger partial charge on any atom is -0.494 e. The summed E-state index contributed by atoms with van der Waals surface area (Å²) in [5.41, 5.74) is 2.16. The van der Waals surface area contributed by atoms with Gasteiger partial charge in [0, 0.05) is 17.6 Å². The molecule has 0 aliphatic carbocycles. The van der Waals surface area contributed by atoms with Crippen LogP contribution in [-0.2, 0) is 26.2 Å². The van der Waals surface area contributed by atoms with Crippen LogP contribution in [0.5, 0.6) is 5.75 Å². The first-order chi connectivity index (χ1) is 19.4. The second-order valence-electron chi connectivity index (χ2n) is 10.2. The molecule has 1 N–H and O–H groups in total. The van der Waals surface area contributed by atoms with Gasteiger partial charge in [-0.3, -0.25) is 13.9 Å². The first-order valence-corrected chi connectivity index (χ1v) is 15.8. The van der Waals surface area contributed by atoms with Gasteiger partial charge in [-0.2, -0.15) is 0 Å². The van der Waals surface area contributed by atoms with E-state index in [2.05, 4.69) is 21.2 Å². The number of benzene rings is 3. The number of hydrogen-bond donors (Lipinski definition) is 1. The maximum Gasteiger partial charge on any atom is 0.264 e. The van der Waals surface area contributed by atoms with Crippen molar-refractivity contribution >= 4 is 43.5 Å². The molecule has 1 atom stereocenters. The van der Waals surface area contributed by atoms with E-state index >= 15 is 0 Å². The summed E-state index contributed by atoms with van der Waals surface area (Å²) in [4.78, 5) is 28.6. The number of carbonyl (C=O) groups is 2. The number of anilines is 1. The van der Waals surface area contributed by atoms with Crippen molar-refractivity contribution in [2.75, 3.05) is 24.0 Å². The van der Waals surface area contributed by atoms with Gasteiger partial charge in [-0.15, -0.1) is 0 Å². The van der Waals surface area contributed by atoms with E-state index in [0.29, 0.717) is 24.6 Å². The van der Waals surface area contributed by atoms with Crippen LogP contribution in [0.25, 0.3) is 0 Å². The summed E-state index contributed by atoms with van der Waals surface area (Å²) >= 11 is 3.34. The minimum absolute atomic E-state index is 0.0374. The van der Waals surface area contributed by atoms with E-state index in [9.17, 15) is 18.0 Å². The second-order valence-corrected chi connectivity index (χ2v) is 13.0. The molecular formula is C31H38BrN3O5S. The van der Waals surface area contributed by atoms with E-state index < -0.39 is 28.5 Å². The molecule has 8 nitrogen and oxygen atoms in total. The van der Waals surface area contributed by atoms with Crippen LogP contribution in [0.1, 0.15) is 38.8 Å². The van der Waals surface area contributed by atoms with Gasteiger partial charge in [-0.1, -0.05) is 59.6 Å². The summed E-state index contributed by atoms with van der Waals surface area (Å²) < 4.78 is 35.2. The largest absolute Gasteiger partial charge is 0.494 e. The predicted octanol–water partition coefficient (Wildman–Crippen LogP) is 5.54. The van der Waals surface area contributed by atoms with Gasteiger partial charge in [0.15, 0.2) is 0 Å². The van der Waals surface area contributed by atoms with Crippen molar-refractivity contribution in [1.29, 1.82) is 0 Å². The Balaban J connectivity index is 2.02. The molecule has 0 aliphatic rings. The van der Waals surface area contributed by atoms with Crippen molar-refractivity contribution in [1.82, 2.24) is 10.2 Å². The maximum atomic E-state index is 14.0.